The minimum Gasteiger partial charge on any atom is -0.459 e. The van der Waals surface area contributed by atoms with Crippen molar-refractivity contribution in [1.29, 1.82) is 0 Å². The van der Waals surface area contributed by atoms with Crippen molar-refractivity contribution >= 4 is 14.3 Å². The molecular formula is C23H44O4Si. The Kier molecular flexibility index (Phi) is 10.4. The second-order valence-corrected chi connectivity index (χ2v) is 14.7. The lowest BCUT2D eigenvalue weighted by molar-refractivity contribution is -0.145. The van der Waals surface area contributed by atoms with Crippen LogP contribution in [0, 0.1) is 5.92 Å². The van der Waals surface area contributed by atoms with Crippen LogP contribution >= 0.6 is 0 Å². The van der Waals surface area contributed by atoms with E-state index in [1.54, 1.807) is 0 Å². The molecule has 0 saturated carbocycles. The van der Waals surface area contributed by atoms with Crippen molar-refractivity contribution in [3.63, 3.8) is 0 Å². The van der Waals surface area contributed by atoms with Crippen LogP contribution in [0.5, 0.6) is 0 Å². The van der Waals surface area contributed by atoms with Crippen LogP contribution in [0.4, 0.5) is 0 Å². The van der Waals surface area contributed by atoms with Crippen molar-refractivity contribution in [3.05, 3.63) is 12.2 Å². The minimum absolute atomic E-state index is 0.0452. The topological polar surface area (TPSA) is 44.8 Å². The molecule has 28 heavy (non-hydrogen) atoms. The summed E-state index contributed by atoms with van der Waals surface area (Å²) in [7, 11) is -0.116. The highest BCUT2D eigenvalue weighted by Gasteiger charge is 2.40. The van der Waals surface area contributed by atoms with Crippen LogP contribution in [0.15, 0.2) is 12.2 Å². The fourth-order valence-electron chi connectivity index (χ4n) is 3.51. The molecule has 0 bridgehead atoms. The first-order valence-corrected chi connectivity index (χ1v) is 14.0. The van der Waals surface area contributed by atoms with Crippen LogP contribution in [0.25, 0.3) is 0 Å². The zero-order valence-electron chi connectivity index (χ0n) is 19.5. The first kappa shape index (κ1) is 25.4. The molecule has 1 rings (SSSR count). The number of hydrogen-bond acceptors (Lipinski definition) is 4. The highest BCUT2D eigenvalue weighted by Crippen LogP contribution is 2.39. The zero-order chi connectivity index (χ0) is 21.4. The van der Waals surface area contributed by atoms with Gasteiger partial charge < -0.3 is 13.9 Å². The van der Waals surface area contributed by atoms with Crippen LogP contribution < -0.4 is 0 Å². The Hall–Kier alpha value is -0.653. The summed E-state index contributed by atoms with van der Waals surface area (Å²) in [6.07, 6.45) is 10.9. The van der Waals surface area contributed by atoms with E-state index < -0.39 is 8.32 Å². The van der Waals surface area contributed by atoms with Gasteiger partial charge in [-0.1, -0.05) is 60.0 Å². The van der Waals surface area contributed by atoms with Gasteiger partial charge in [-0.05, 0) is 36.9 Å². The summed E-state index contributed by atoms with van der Waals surface area (Å²) in [5, 5.41) is 0.143. The van der Waals surface area contributed by atoms with E-state index in [1.165, 1.54) is 31.8 Å². The monoisotopic (exact) mass is 412 g/mol. The Morgan fingerprint density at radius 1 is 1.29 bits per heavy atom. The quantitative estimate of drug-likeness (QED) is 0.215. The summed E-state index contributed by atoms with van der Waals surface area (Å²) < 4.78 is 18.2. The molecule has 0 N–H and O–H groups in total. The SMILES string of the molecule is CCCCC[C@@H](C)[C@H](C[C@@H](C[C@@H]1CC=CC(=O)O1)O[Si](C)(C)C(C)(C)C)OC. The van der Waals surface area contributed by atoms with Crippen molar-refractivity contribution in [2.75, 3.05) is 7.11 Å². The van der Waals surface area contributed by atoms with E-state index >= 15 is 0 Å². The smallest absolute Gasteiger partial charge is 0.330 e. The minimum atomic E-state index is -1.93. The summed E-state index contributed by atoms with van der Waals surface area (Å²) in [6.45, 7) is 15.9. The number of cyclic esters (lactones) is 1. The molecule has 0 fully saturated rings. The van der Waals surface area contributed by atoms with Crippen molar-refractivity contribution in [1.82, 2.24) is 0 Å². The molecule has 0 spiro atoms. The van der Waals surface area contributed by atoms with Crippen molar-refractivity contribution in [3.8, 4) is 0 Å². The summed E-state index contributed by atoms with van der Waals surface area (Å²) in [6, 6.07) is 0. The molecule has 0 aromatic carbocycles. The molecule has 164 valence electrons. The number of carbonyl (C=O) groups is 1. The highest BCUT2D eigenvalue weighted by atomic mass is 28.4. The third kappa shape index (κ3) is 8.38. The molecule has 1 aliphatic heterocycles. The highest BCUT2D eigenvalue weighted by molar-refractivity contribution is 6.74. The van der Waals surface area contributed by atoms with Crippen molar-refractivity contribution in [2.24, 2.45) is 5.92 Å². The Morgan fingerprint density at radius 2 is 1.96 bits per heavy atom. The van der Waals surface area contributed by atoms with Crippen LogP contribution in [0.1, 0.15) is 79.6 Å². The molecule has 0 amide bonds. The summed E-state index contributed by atoms with van der Waals surface area (Å²) in [5.41, 5.74) is 0. The summed E-state index contributed by atoms with van der Waals surface area (Å²) in [4.78, 5) is 11.7. The fraction of sp³-hybridized carbons (Fsp3) is 0.870. The number of rotatable bonds is 12. The van der Waals surface area contributed by atoms with Gasteiger partial charge >= 0.3 is 5.97 Å². The normalized spacial score (nSPS) is 21.3. The number of carbonyl (C=O) groups excluding carboxylic acids is 1. The van der Waals surface area contributed by atoms with E-state index in [-0.39, 0.29) is 29.3 Å². The molecule has 0 aromatic heterocycles. The zero-order valence-corrected chi connectivity index (χ0v) is 20.5. The molecule has 0 aromatic rings. The predicted octanol–water partition coefficient (Wildman–Crippen LogP) is 6.26. The van der Waals surface area contributed by atoms with Crippen molar-refractivity contribution < 1.29 is 18.7 Å². The van der Waals surface area contributed by atoms with Gasteiger partial charge in [0.25, 0.3) is 0 Å². The maximum Gasteiger partial charge on any atom is 0.330 e. The Balaban J connectivity index is 2.85. The molecule has 0 radical (unpaired) electrons. The molecule has 0 saturated heterocycles. The number of esters is 1. The third-order valence-electron chi connectivity index (χ3n) is 6.42. The van der Waals surface area contributed by atoms with Gasteiger partial charge in [0, 0.05) is 26.0 Å². The molecule has 1 heterocycles. The molecular weight excluding hydrogens is 368 g/mol. The lowest BCUT2D eigenvalue weighted by Gasteiger charge is -2.41. The second-order valence-electron chi connectivity index (χ2n) is 9.92. The van der Waals surface area contributed by atoms with Crippen LogP contribution in [-0.4, -0.2) is 39.7 Å². The van der Waals surface area contributed by atoms with Crippen LogP contribution in [0.3, 0.4) is 0 Å². The average molecular weight is 413 g/mol. The van der Waals surface area contributed by atoms with E-state index in [9.17, 15) is 4.79 Å². The molecule has 5 heteroatoms. The summed E-state index contributed by atoms with van der Waals surface area (Å²) >= 11 is 0. The lowest BCUT2D eigenvalue weighted by Crippen LogP contribution is -2.46. The van der Waals surface area contributed by atoms with Gasteiger partial charge in [-0.15, -0.1) is 0 Å². The van der Waals surface area contributed by atoms with Gasteiger partial charge in [-0.2, -0.15) is 0 Å². The van der Waals surface area contributed by atoms with Gasteiger partial charge in [0.15, 0.2) is 8.32 Å². The predicted molar refractivity (Wildman–Crippen MR) is 119 cm³/mol. The number of hydrogen-bond donors (Lipinski definition) is 0. The largest absolute Gasteiger partial charge is 0.459 e. The van der Waals surface area contributed by atoms with Gasteiger partial charge in [0.2, 0.25) is 0 Å². The molecule has 0 unspecified atom stereocenters. The standard InChI is InChI=1S/C23H44O4Si/c1-9-10-11-13-18(2)21(25-6)17-20(27-28(7,8)23(3,4)5)16-19-14-12-15-22(24)26-19/h12,15,18-21H,9-11,13-14,16-17H2,1-8H3/t18-,19+,20-,21+/m1/s1. The molecule has 4 atom stereocenters. The number of methoxy groups -OCH3 is 1. The lowest BCUT2D eigenvalue weighted by atomic mass is 9.91. The van der Waals surface area contributed by atoms with E-state index in [2.05, 4.69) is 47.7 Å². The fourth-order valence-corrected chi connectivity index (χ4v) is 4.89. The van der Waals surface area contributed by atoms with E-state index in [0.717, 1.165) is 19.3 Å². The third-order valence-corrected chi connectivity index (χ3v) is 11.0. The second kappa shape index (κ2) is 11.5. The Morgan fingerprint density at radius 3 is 2.50 bits per heavy atom. The molecule has 4 nitrogen and oxygen atoms in total. The van der Waals surface area contributed by atoms with E-state index in [1.807, 2.05) is 13.2 Å². The van der Waals surface area contributed by atoms with Gasteiger partial charge in [0.05, 0.1) is 12.2 Å². The maximum atomic E-state index is 11.7. The number of unbranched alkanes of at least 4 members (excludes halogenated alkanes) is 2. The first-order valence-electron chi connectivity index (χ1n) is 11.1. The van der Waals surface area contributed by atoms with Gasteiger partial charge in [-0.25, -0.2) is 4.79 Å². The maximum absolute atomic E-state index is 11.7. The average Bonchev–Trinajstić information content (AvgIpc) is 2.58. The Bertz CT molecular complexity index is 495. The van der Waals surface area contributed by atoms with Crippen molar-refractivity contribution in [2.45, 2.75) is 116 Å². The molecule has 1 aliphatic rings. The summed E-state index contributed by atoms with van der Waals surface area (Å²) in [5.74, 6) is 0.259. The van der Waals surface area contributed by atoms with Crippen LogP contribution in [0.2, 0.25) is 18.1 Å². The Labute approximate surface area is 174 Å². The van der Waals surface area contributed by atoms with E-state index in [0.29, 0.717) is 5.92 Å². The number of ether oxygens (including phenoxy) is 2. The van der Waals surface area contributed by atoms with E-state index in [4.69, 9.17) is 13.9 Å². The van der Waals surface area contributed by atoms with Gasteiger partial charge in [0.1, 0.15) is 6.10 Å². The van der Waals surface area contributed by atoms with Crippen LogP contribution in [-0.2, 0) is 18.7 Å². The van der Waals surface area contributed by atoms with Gasteiger partial charge in [-0.3, -0.25) is 0 Å². The molecule has 0 aliphatic carbocycles. The first-order chi connectivity index (χ1) is 13.0.